The van der Waals surface area contributed by atoms with Gasteiger partial charge in [0.05, 0.1) is 0 Å². The zero-order chi connectivity index (χ0) is 11.9. The van der Waals surface area contributed by atoms with Gasteiger partial charge in [0.2, 0.25) is 5.82 Å². The van der Waals surface area contributed by atoms with Gasteiger partial charge in [-0.05, 0) is 28.6 Å². The summed E-state index contributed by atoms with van der Waals surface area (Å²) in [5, 5.41) is 25.2. The van der Waals surface area contributed by atoms with Crippen LogP contribution in [0.15, 0.2) is 9.78 Å². The third-order valence-corrected chi connectivity index (χ3v) is 3.54. The average molecular weight is 238 g/mol. The van der Waals surface area contributed by atoms with E-state index >= 15 is 0 Å². The van der Waals surface area contributed by atoms with E-state index in [4.69, 9.17) is 10.9 Å². The lowest BCUT2D eigenvalue weighted by Crippen LogP contribution is -2.63. The van der Waals surface area contributed by atoms with Crippen LogP contribution >= 0.6 is 0 Å². The van der Waals surface area contributed by atoms with Crippen LogP contribution in [-0.2, 0) is 0 Å². The lowest BCUT2D eigenvalue weighted by Gasteiger charge is -2.54. The molecule has 2 heterocycles. The Morgan fingerprint density at radius 1 is 1.53 bits per heavy atom. The molecule has 0 aromatic carbocycles. The zero-order valence-electron chi connectivity index (χ0n) is 9.18. The van der Waals surface area contributed by atoms with Gasteiger partial charge in [-0.25, -0.2) is 4.63 Å². The quantitative estimate of drug-likeness (QED) is 0.238. The predicted molar refractivity (Wildman–Crippen MR) is 58.8 cm³/mol. The Morgan fingerprint density at radius 2 is 2.29 bits per heavy atom. The first-order valence-electron chi connectivity index (χ1n) is 5.50. The highest BCUT2D eigenvalue weighted by atomic mass is 16.6. The summed E-state index contributed by atoms with van der Waals surface area (Å²) >= 11 is 0. The normalized spacial score (nSPS) is 23.2. The molecule has 0 bridgehead atoms. The summed E-state index contributed by atoms with van der Waals surface area (Å²) in [7, 11) is 0. The molecular weight excluding hydrogens is 224 g/mol. The minimum Gasteiger partial charge on any atom is -0.409 e. The maximum Gasteiger partial charge on any atom is 0.202 e. The number of anilines is 1. The summed E-state index contributed by atoms with van der Waals surface area (Å²) in [5.41, 5.74) is 6.18. The molecular formula is C9H14N6O2. The van der Waals surface area contributed by atoms with Crippen LogP contribution in [0.25, 0.3) is 0 Å². The Labute approximate surface area is 97.2 Å². The Kier molecular flexibility index (Phi) is 2.18. The van der Waals surface area contributed by atoms with E-state index in [9.17, 15) is 0 Å². The summed E-state index contributed by atoms with van der Waals surface area (Å²) in [4.78, 5) is 0. The molecule has 1 saturated heterocycles. The number of amidine groups is 1. The molecule has 5 N–H and O–H groups in total. The van der Waals surface area contributed by atoms with Gasteiger partial charge in [-0.3, -0.25) is 0 Å². The molecule has 0 radical (unpaired) electrons. The SMILES string of the molecule is N/C(=N\O)c1nonc1NC1CC2(CNC2)C1. The van der Waals surface area contributed by atoms with Gasteiger partial charge in [-0.15, -0.1) is 0 Å². The first-order valence-corrected chi connectivity index (χ1v) is 5.50. The largest absolute Gasteiger partial charge is 0.409 e. The number of nitrogens with one attached hydrogen (secondary N) is 2. The molecule has 1 saturated carbocycles. The molecule has 1 spiro atoms. The molecule has 8 nitrogen and oxygen atoms in total. The van der Waals surface area contributed by atoms with Crippen LogP contribution in [0.2, 0.25) is 0 Å². The van der Waals surface area contributed by atoms with Gasteiger partial charge in [-0.2, -0.15) is 0 Å². The van der Waals surface area contributed by atoms with Crippen molar-refractivity contribution in [3.05, 3.63) is 5.69 Å². The fourth-order valence-corrected chi connectivity index (χ4v) is 2.55. The van der Waals surface area contributed by atoms with E-state index in [1.54, 1.807) is 0 Å². The average Bonchev–Trinajstić information content (AvgIpc) is 2.66. The number of nitrogens with zero attached hydrogens (tertiary/aromatic N) is 3. The van der Waals surface area contributed by atoms with E-state index < -0.39 is 0 Å². The molecule has 2 fully saturated rings. The van der Waals surface area contributed by atoms with Crippen LogP contribution in [0.3, 0.4) is 0 Å². The highest BCUT2D eigenvalue weighted by Gasteiger charge is 2.48. The number of hydrogen-bond acceptors (Lipinski definition) is 7. The van der Waals surface area contributed by atoms with Crippen molar-refractivity contribution in [2.75, 3.05) is 18.4 Å². The van der Waals surface area contributed by atoms with Crippen molar-refractivity contribution in [2.24, 2.45) is 16.3 Å². The van der Waals surface area contributed by atoms with Crippen LogP contribution in [0.5, 0.6) is 0 Å². The fourth-order valence-electron chi connectivity index (χ4n) is 2.55. The molecule has 0 atom stereocenters. The standard InChI is InChI=1S/C9H14N6O2/c10-7(13-16)6-8(15-17-14-6)12-5-1-9(2-5)3-11-4-9/h5,11,16H,1-4H2,(H2,10,13)(H,12,15). The Morgan fingerprint density at radius 3 is 2.88 bits per heavy atom. The molecule has 1 aromatic rings. The van der Waals surface area contributed by atoms with Crippen LogP contribution in [0, 0.1) is 5.41 Å². The minimum atomic E-state index is -0.104. The second-order valence-electron chi connectivity index (χ2n) is 4.80. The minimum absolute atomic E-state index is 0.104. The molecule has 1 aliphatic carbocycles. The second kappa shape index (κ2) is 3.59. The number of hydrogen-bond donors (Lipinski definition) is 4. The van der Waals surface area contributed by atoms with Crippen LogP contribution < -0.4 is 16.4 Å². The van der Waals surface area contributed by atoms with Crippen LogP contribution in [0.4, 0.5) is 5.82 Å². The monoisotopic (exact) mass is 238 g/mol. The summed E-state index contributed by atoms with van der Waals surface area (Å²) in [6.45, 7) is 2.19. The highest BCUT2D eigenvalue weighted by Crippen LogP contribution is 2.45. The van der Waals surface area contributed by atoms with Crippen molar-refractivity contribution < 1.29 is 9.84 Å². The van der Waals surface area contributed by atoms with Crippen molar-refractivity contribution in [3.8, 4) is 0 Å². The molecule has 1 aromatic heterocycles. The number of aromatic nitrogens is 2. The summed E-state index contributed by atoms with van der Waals surface area (Å²) < 4.78 is 4.58. The Hall–Kier alpha value is -1.83. The smallest absolute Gasteiger partial charge is 0.202 e. The molecule has 8 heteroatoms. The van der Waals surface area contributed by atoms with E-state index in [0.717, 1.165) is 25.9 Å². The number of oxime groups is 1. The van der Waals surface area contributed by atoms with Gasteiger partial charge in [0, 0.05) is 19.1 Å². The van der Waals surface area contributed by atoms with E-state index in [0.29, 0.717) is 17.3 Å². The van der Waals surface area contributed by atoms with E-state index in [1.165, 1.54) is 0 Å². The summed E-state index contributed by atoms with van der Waals surface area (Å²) in [5.74, 6) is 0.334. The van der Waals surface area contributed by atoms with Gasteiger partial charge in [0.25, 0.3) is 0 Å². The summed E-state index contributed by atoms with van der Waals surface area (Å²) in [6.07, 6.45) is 2.20. The third-order valence-electron chi connectivity index (χ3n) is 3.54. The van der Waals surface area contributed by atoms with Crippen molar-refractivity contribution in [1.82, 2.24) is 15.6 Å². The molecule has 3 rings (SSSR count). The molecule has 92 valence electrons. The highest BCUT2D eigenvalue weighted by molar-refractivity contribution is 5.99. The molecule has 2 aliphatic rings. The predicted octanol–water partition coefficient (Wildman–Crippen LogP) is -0.672. The molecule has 1 aliphatic heterocycles. The van der Waals surface area contributed by atoms with Crippen LogP contribution in [0.1, 0.15) is 18.5 Å². The maximum atomic E-state index is 8.58. The van der Waals surface area contributed by atoms with Crippen molar-refractivity contribution >= 4 is 11.7 Å². The van der Waals surface area contributed by atoms with Gasteiger partial charge >= 0.3 is 0 Å². The second-order valence-corrected chi connectivity index (χ2v) is 4.80. The van der Waals surface area contributed by atoms with E-state index in [2.05, 4.69) is 30.7 Å². The fraction of sp³-hybridized carbons (Fsp3) is 0.667. The van der Waals surface area contributed by atoms with Crippen molar-refractivity contribution in [3.63, 3.8) is 0 Å². The number of nitrogens with two attached hydrogens (primary N) is 1. The van der Waals surface area contributed by atoms with Gasteiger partial charge in [0.15, 0.2) is 11.5 Å². The van der Waals surface area contributed by atoms with E-state index in [1.807, 2.05) is 0 Å². The van der Waals surface area contributed by atoms with Crippen molar-refractivity contribution in [1.29, 1.82) is 0 Å². The van der Waals surface area contributed by atoms with Crippen LogP contribution in [-0.4, -0.2) is 40.5 Å². The van der Waals surface area contributed by atoms with Crippen molar-refractivity contribution in [2.45, 2.75) is 18.9 Å². The Balaban J connectivity index is 1.64. The lowest BCUT2D eigenvalue weighted by molar-refractivity contribution is 0.0468. The molecule has 0 amide bonds. The molecule has 0 unspecified atom stereocenters. The topological polar surface area (TPSA) is 122 Å². The third kappa shape index (κ3) is 1.60. The van der Waals surface area contributed by atoms with Gasteiger partial charge in [-0.1, -0.05) is 5.16 Å². The number of rotatable bonds is 3. The van der Waals surface area contributed by atoms with Gasteiger partial charge < -0.3 is 21.6 Å². The first-order chi connectivity index (χ1) is 8.22. The zero-order valence-corrected chi connectivity index (χ0v) is 9.18. The maximum absolute atomic E-state index is 8.58. The Bertz CT molecular complexity index is 444. The lowest BCUT2D eigenvalue weighted by atomic mass is 9.62. The summed E-state index contributed by atoms with van der Waals surface area (Å²) in [6, 6.07) is 0.356. The molecule has 17 heavy (non-hydrogen) atoms. The first kappa shape index (κ1) is 10.3. The van der Waals surface area contributed by atoms with Gasteiger partial charge in [0.1, 0.15) is 0 Å². The van der Waals surface area contributed by atoms with E-state index in [-0.39, 0.29) is 11.5 Å².